The molecule has 1 aromatic heterocycles. The Labute approximate surface area is 170 Å². The van der Waals surface area contributed by atoms with Gasteiger partial charge in [-0.1, -0.05) is 5.21 Å². The van der Waals surface area contributed by atoms with Crippen LogP contribution in [0.25, 0.3) is 0 Å². The summed E-state index contributed by atoms with van der Waals surface area (Å²) >= 11 is 0. The van der Waals surface area contributed by atoms with E-state index in [0.29, 0.717) is 18.7 Å². The zero-order valence-corrected chi connectivity index (χ0v) is 17.0. The molecule has 1 aliphatic heterocycles. The number of carboxylic acids is 1. The van der Waals surface area contributed by atoms with Crippen LogP contribution in [0.5, 0.6) is 0 Å². The lowest BCUT2D eigenvalue weighted by Gasteiger charge is -2.57. The number of carboxylic acid groups (broad SMARTS) is 1. The molecule has 4 bridgehead atoms. The number of hydrogen-bond donors (Lipinski definition) is 2. The third kappa shape index (κ3) is 3.35. The fraction of sp³-hybridized carbons (Fsp3) is 0.810. The van der Waals surface area contributed by atoms with E-state index < -0.39 is 17.6 Å². The first-order chi connectivity index (χ1) is 13.9. The van der Waals surface area contributed by atoms with Crippen LogP contribution in [0, 0.1) is 17.8 Å². The number of ether oxygens (including phenoxy) is 1. The maximum absolute atomic E-state index is 13.0. The largest absolute Gasteiger partial charge is 0.479 e. The first-order valence-electron chi connectivity index (χ1n) is 11.0. The summed E-state index contributed by atoms with van der Waals surface area (Å²) in [5, 5.41) is 21.2. The molecule has 2 N–H and O–H groups in total. The van der Waals surface area contributed by atoms with E-state index in [-0.39, 0.29) is 17.9 Å². The van der Waals surface area contributed by atoms with Gasteiger partial charge in [-0.25, -0.2) is 9.48 Å². The maximum Gasteiger partial charge on any atom is 0.336 e. The molecule has 4 saturated carbocycles. The fourth-order valence-corrected chi connectivity index (χ4v) is 6.71. The second kappa shape index (κ2) is 6.79. The monoisotopic (exact) mass is 402 g/mol. The molecule has 158 valence electrons. The van der Waals surface area contributed by atoms with Gasteiger partial charge in [-0.15, -0.1) is 5.10 Å². The van der Waals surface area contributed by atoms with Gasteiger partial charge in [0.25, 0.3) is 0 Å². The molecule has 0 spiro atoms. The van der Waals surface area contributed by atoms with E-state index in [0.717, 1.165) is 43.4 Å². The van der Waals surface area contributed by atoms with E-state index in [1.165, 1.54) is 19.3 Å². The Bertz CT molecular complexity index is 778. The molecule has 1 aromatic rings. The van der Waals surface area contributed by atoms with Crippen LogP contribution in [0.4, 0.5) is 0 Å². The van der Waals surface area contributed by atoms with E-state index >= 15 is 0 Å². The van der Waals surface area contributed by atoms with Crippen molar-refractivity contribution in [1.29, 1.82) is 0 Å². The third-order valence-corrected chi connectivity index (χ3v) is 7.72. The predicted molar refractivity (Wildman–Crippen MR) is 103 cm³/mol. The van der Waals surface area contributed by atoms with Crippen LogP contribution < -0.4 is 5.32 Å². The van der Waals surface area contributed by atoms with Gasteiger partial charge < -0.3 is 15.2 Å². The highest BCUT2D eigenvalue weighted by Crippen LogP contribution is 2.55. The zero-order valence-electron chi connectivity index (χ0n) is 17.0. The van der Waals surface area contributed by atoms with Gasteiger partial charge in [0.1, 0.15) is 6.04 Å². The molecule has 1 saturated heterocycles. The molecule has 5 fully saturated rings. The van der Waals surface area contributed by atoms with Crippen LogP contribution in [0.1, 0.15) is 70.0 Å². The maximum atomic E-state index is 13.0. The summed E-state index contributed by atoms with van der Waals surface area (Å²) in [6, 6.07) is -0.477. The van der Waals surface area contributed by atoms with Gasteiger partial charge >= 0.3 is 5.97 Å². The minimum absolute atomic E-state index is 0.0199. The molecule has 1 amide bonds. The molecule has 5 aliphatic rings. The number of aromatic nitrogens is 3. The summed E-state index contributed by atoms with van der Waals surface area (Å²) < 4.78 is 7.08. The number of carbonyl (C=O) groups excluding carboxylic acids is 1. The first-order valence-corrected chi connectivity index (χ1v) is 11.0. The second-order valence-electron chi connectivity index (χ2n) is 9.98. The van der Waals surface area contributed by atoms with Gasteiger partial charge in [-0.05, 0) is 76.0 Å². The normalized spacial score (nSPS) is 38.9. The van der Waals surface area contributed by atoms with Gasteiger partial charge in [-0.3, -0.25) is 4.79 Å². The predicted octanol–water partition coefficient (Wildman–Crippen LogP) is 2.10. The number of rotatable bonds is 6. The molecule has 2 unspecified atom stereocenters. The topological polar surface area (TPSA) is 106 Å². The summed E-state index contributed by atoms with van der Waals surface area (Å²) in [5.41, 5.74) is -0.705. The van der Waals surface area contributed by atoms with Crippen molar-refractivity contribution in [2.75, 3.05) is 6.61 Å². The van der Waals surface area contributed by atoms with Crippen LogP contribution in [0.2, 0.25) is 0 Å². The van der Waals surface area contributed by atoms with E-state index in [1.807, 2.05) is 6.92 Å². The lowest BCUT2D eigenvalue weighted by Crippen LogP contribution is -2.60. The smallest absolute Gasteiger partial charge is 0.336 e. The van der Waals surface area contributed by atoms with Crippen molar-refractivity contribution < 1.29 is 19.4 Å². The number of nitrogens with one attached hydrogen (secondary N) is 1. The van der Waals surface area contributed by atoms with Gasteiger partial charge in [0.2, 0.25) is 5.91 Å². The standard InChI is InChI=1S/C21H30N4O4/c1-13(18(26)22-20-8-14-5-15(9-20)7-16(6-14)10-20)25-12-17(23-24-25)11-21(19(27)28)3-2-4-29-21/h12-16H,2-11H2,1H3,(H,22,26)(H,27,28). The van der Waals surface area contributed by atoms with E-state index in [2.05, 4.69) is 15.6 Å². The molecule has 29 heavy (non-hydrogen) atoms. The van der Waals surface area contributed by atoms with Crippen LogP contribution in [-0.2, 0) is 20.7 Å². The Morgan fingerprint density at radius 2 is 1.93 bits per heavy atom. The number of hydrogen-bond acceptors (Lipinski definition) is 5. The summed E-state index contributed by atoms with van der Waals surface area (Å²) in [6.45, 7) is 2.28. The van der Waals surface area contributed by atoms with Crippen LogP contribution in [-0.4, -0.2) is 49.7 Å². The SMILES string of the molecule is CC(C(=O)NC12CC3CC(CC(C3)C1)C2)n1cc(CC2(C(=O)O)CCCO2)nn1. The molecular formula is C21H30N4O4. The van der Waals surface area contributed by atoms with Crippen molar-refractivity contribution in [2.24, 2.45) is 17.8 Å². The van der Waals surface area contributed by atoms with Crippen molar-refractivity contribution in [1.82, 2.24) is 20.3 Å². The Morgan fingerprint density at radius 3 is 2.48 bits per heavy atom. The highest BCUT2D eigenvalue weighted by molar-refractivity contribution is 5.80. The molecule has 6 rings (SSSR count). The summed E-state index contributed by atoms with van der Waals surface area (Å²) in [5.74, 6) is 1.33. The molecule has 2 heterocycles. The van der Waals surface area contributed by atoms with Gasteiger partial charge in [0, 0.05) is 24.8 Å². The number of carbonyl (C=O) groups is 2. The average molecular weight is 402 g/mol. The van der Waals surface area contributed by atoms with Gasteiger partial charge in [0.05, 0.1) is 5.69 Å². The third-order valence-electron chi connectivity index (χ3n) is 7.72. The number of amides is 1. The lowest BCUT2D eigenvalue weighted by atomic mass is 9.53. The average Bonchev–Trinajstić information content (AvgIpc) is 3.30. The molecule has 8 heteroatoms. The quantitative estimate of drug-likeness (QED) is 0.755. The van der Waals surface area contributed by atoms with Crippen LogP contribution >= 0.6 is 0 Å². The molecule has 4 aliphatic carbocycles. The van der Waals surface area contributed by atoms with Crippen molar-refractivity contribution in [3.05, 3.63) is 11.9 Å². The van der Waals surface area contributed by atoms with Crippen molar-refractivity contribution in [3.63, 3.8) is 0 Å². The Balaban J connectivity index is 1.26. The van der Waals surface area contributed by atoms with E-state index in [9.17, 15) is 14.7 Å². The number of nitrogens with zero attached hydrogens (tertiary/aromatic N) is 3. The van der Waals surface area contributed by atoms with Gasteiger partial charge in [-0.2, -0.15) is 0 Å². The van der Waals surface area contributed by atoms with E-state index in [1.54, 1.807) is 10.9 Å². The first kappa shape index (κ1) is 19.0. The van der Waals surface area contributed by atoms with Crippen LogP contribution in [0.15, 0.2) is 6.20 Å². The molecule has 2 atom stereocenters. The molecule has 8 nitrogen and oxygen atoms in total. The highest BCUT2D eigenvalue weighted by Gasteiger charge is 2.52. The second-order valence-corrected chi connectivity index (χ2v) is 9.98. The van der Waals surface area contributed by atoms with Crippen molar-refractivity contribution in [2.45, 2.75) is 81.9 Å². The minimum atomic E-state index is -1.22. The van der Waals surface area contributed by atoms with Gasteiger partial charge in [0.15, 0.2) is 5.60 Å². The van der Waals surface area contributed by atoms with Crippen LogP contribution in [0.3, 0.4) is 0 Å². The van der Waals surface area contributed by atoms with E-state index in [4.69, 9.17) is 4.74 Å². The molecule has 0 aromatic carbocycles. The highest BCUT2D eigenvalue weighted by atomic mass is 16.5. The van der Waals surface area contributed by atoms with Crippen molar-refractivity contribution in [3.8, 4) is 0 Å². The zero-order chi connectivity index (χ0) is 20.2. The molecule has 0 radical (unpaired) electrons. The summed E-state index contributed by atoms with van der Waals surface area (Å²) in [7, 11) is 0. The number of aliphatic carboxylic acids is 1. The molecular weight excluding hydrogens is 372 g/mol. The Morgan fingerprint density at radius 1 is 1.28 bits per heavy atom. The lowest BCUT2D eigenvalue weighted by molar-refractivity contribution is -0.160. The van der Waals surface area contributed by atoms with Crippen molar-refractivity contribution >= 4 is 11.9 Å². The summed E-state index contributed by atoms with van der Waals surface area (Å²) in [4.78, 5) is 24.7. The minimum Gasteiger partial charge on any atom is -0.479 e. The Hall–Kier alpha value is -1.96. The fourth-order valence-electron chi connectivity index (χ4n) is 6.71. The summed E-state index contributed by atoms with van der Waals surface area (Å²) in [6.07, 6.45) is 10.4. The Kier molecular flexibility index (Phi) is 4.46.